The molecule has 0 saturated heterocycles. The Labute approximate surface area is 174 Å². The van der Waals surface area contributed by atoms with Crippen LogP contribution in [0.5, 0.6) is 5.75 Å². The molecule has 0 atom stereocenters. The molecule has 0 aliphatic carbocycles. The topological polar surface area (TPSA) is 108 Å². The van der Waals surface area contributed by atoms with E-state index in [0.29, 0.717) is 28.3 Å². The van der Waals surface area contributed by atoms with E-state index >= 15 is 0 Å². The van der Waals surface area contributed by atoms with Crippen LogP contribution >= 0.6 is 0 Å². The van der Waals surface area contributed by atoms with Gasteiger partial charge in [0.05, 0.1) is 25.0 Å². The number of sulfonamides is 1. The molecule has 0 radical (unpaired) electrons. The van der Waals surface area contributed by atoms with Crippen LogP contribution in [0.25, 0.3) is 11.1 Å². The minimum absolute atomic E-state index is 0.0306. The average molecular weight is 430 g/mol. The number of hydrogen-bond acceptors (Lipinski definition) is 7. The zero-order chi connectivity index (χ0) is 21.9. The van der Waals surface area contributed by atoms with E-state index in [1.165, 1.54) is 37.4 Å². The lowest BCUT2D eigenvalue weighted by molar-refractivity contribution is 0.0526. The van der Waals surface area contributed by atoms with Gasteiger partial charge in [0.25, 0.3) is 10.0 Å². The number of nitrogens with zero attached hydrogens (tertiary/aromatic N) is 1. The number of ether oxygens (including phenoxy) is 2. The molecule has 0 saturated carbocycles. The lowest BCUT2D eigenvalue weighted by atomic mass is 10.0. The first-order valence-corrected chi connectivity index (χ1v) is 10.7. The molecule has 0 amide bonds. The number of aryl methyl sites for hydroxylation is 2. The van der Waals surface area contributed by atoms with Crippen molar-refractivity contribution in [1.29, 1.82) is 0 Å². The second-order valence-electron chi connectivity index (χ2n) is 6.47. The molecule has 3 aromatic rings. The van der Waals surface area contributed by atoms with Gasteiger partial charge < -0.3 is 14.0 Å². The molecule has 0 bridgehead atoms. The Hall–Kier alpha value is -3.33. The van der Waals surface area contributed by atoms with Gasteiger partial charge in [0.15, 0.2) is 0 Å². The van der Waals surface area contributed by atoms with Gasteiger partial charge >= 0.3 is 5.97 Å². The number of aromatic nitrogens is 1. The zero-order valence-corrected chi connectivity index (χ0v) is 17.9. The Balaban J connectivity index is 1.95. The molecule has 1 heterocycles. The predicted molar refractivity (Wildman–Crippen MR) is 111 cm³/mol. The average Bonchev–Trinajstić information content (AvgIpc) is 3.06. The summed E-state index contributed by atoms with van der Waals surface area (Å²) in [6, 6.07) is 10.8. The number of hydrogen-bond donors (Lipinski definition) is 1. The van der Waals surface area contributed by atoms with Crippen molar-refractivity contribution in [3.63, 3.8) is 0 Å². The molecule has 3 rings (SSSR count). The van der Waals surface area contributed by atoms with Crippen LogP contribution in [0.4, 0.5) is 5.69 Å². The van der Waals surface area contributed by atoms with Crippen molar-refractivity contribution >= 4 is 21.7 Å². The van der Waals surface area contributed by atoms with Crippen LogP contribution in [0.15, 0.2) is 51.9 Å². The molecule has 9 heteroatoms. The number of anilines is 1. The summed E-state index contributed by atoms with van der Waals surface area (Å²) in [6.45, 7) is 5.52. The molecule has 1 aromatic heterocycles. The fourth-order valence-corrected chi connectivity index (χ4v) is 4.29. The third-order valence-corrected chi connectivity index (χ3v) is 5.83. The molecule has 0 aliphatic rings. The summed E-state index contributed by atoms with van der Waals surface area (Å²) < 4.78 is 44.0. The van der Waals surface area contributed by atoms with Crippen molar-refractivity contribution in [2.24, 2.45) is 0 Å². The van der Waals surface area contributed by atoms with Crippen LogP contribution in [0.2, 0.25) is 0 Å². The third-order valence-electron chi connectivity index (χ3n) is 4.42. The maximum atomic E-state index is 13.1. The van der Waals surface area contributed by atoms with Gasteiger partial charge in [-0.1, -0.05) is 11.2 Å². The second-order valence-corrected chi connectivity index (χ2v) is 8.12. The van der Waals surface area contributed by atoms with Gasteiger partial charge in [-0.15, -0.1) is 0 Å². The van der Waals surface area contributed by atoms with Crippen molar-refractivity contribution in [2.75, 3.05) is 18.4 Å². The van der Waals surface area contributed by atoms with E-state index in [2.05, 4.69) is 9.88 Å². The molecule has 158 valence electrons. The van der Waals surface area contributed by atoms with Crippen molar-refractivity contribution in [1.82, 2.24) is 5.16 Å². The maximum Gasteiger partial charge on any atom is 0.338 e. The Morgan fingerprint density at radius 1 is 1.13 bits per heavy atom. The number of nitrogens with one attached hydrogen (secondary N) is 1. The number of rotatable bonds is 7. The van der Waals surface area contributed by atoms with Gasteiger partial charge in [-0.05, 0) is 62.7 Å². The number of esters is 1. The maximum absolute atomic E-state index is 13.1. The Bertz CT molecular complexity index is 1150. The van der Waals surface area contributed by atoms with Crippen molar-refractivity contribution in [2.45, 2.75) is 25.7 Å². The molecule has 8 nitrogen and oxygen atoms in total. The highest BCUT2D eigenvalue weighted by Gasteiger charge is 2.23. The minimum atomic E-state index is -3.98. The van der Waals surface area contributed by atoms with Crippen LogP contribution in [0.3, 0.4) is 0 Å². The summed E-state index contributed by atoms with van der Waals surface area (Å²) in [5.41, 5.74) is 2.66. The molecular formula is C21H22N2O6S. The van der Waals surface area contributed by atoms with Gasteiger partial charge in [-0.25, -0.2) is 13.2 Å². The Morgan fingerprint density at radius 2 is 1.83 bits per heavy atom. The van der Waals surface area contributed by atoms with Gasteiger partial charge in [0.1, 0.15) is 16.4 Å². The summed E-state index contributed by atoms with van der Waals surface area (Å²) >= 11 is 0. The smallest absolute Gasteiger partial charge is 0.338 e. The monoisotopic (exact) mass is 430 g/mol. The van der Waals surface area contributed by atoms with Crippen molar-refractivity contribution in [3.8, 4) is 16.9 Å². The molecular weight excluding hydrogens is 408 g/mol. The first kappa shape index (κ1) is 21.4. The molecule has 1 N–H and O–H groups in total. The van der Waals surface area contributed by atoms with E-state index in [0.717, 1.165) is 5.56 Å². The lowest BCUT2D eigenvalue weighted by Gasteiger charge is -2.13. The summed E-state index contributed by atoms with van der Waals surface area (Å²) in [5, 5.41) is 3.92. The van der Waals surface area contributed by atoms with Crippen LogP contribution in [-0.4, -0.2) is 33.3 Å². The fraction of sp³-hybridized carbons (Fsp3) is 0.238. The zero-order valence-electron chi connectivity index (χ0n) is 17.1. The van der Waals surface area contributed by atoms with Crippen molar-refractivity contribution < 1.29 is 27.2 Å². The summed E-state index contributed by atoms with van der Waals surface area (Å²) in [7, 11) is -2.58. The number of benzene rings is 2. The summed E-state index contributed by atoms with van der Waals surface area (Å²) in [5.74, 6) is 0.311. The predicted octanol–water partition coefficient (Wildman–Crippen LogP) is 3.94. The number of methoxy groups -OCH3 is 1. The standard InChI is InChI=1S/C21H22N2O6S/c1-5-28-21(24)15-6-9-17(10-7-15)23-30(25,26)19-12-16(8-11-18(19)27-4)20-13(2)22-29-14(20)3/h6-12,23H,5H2,1-4H3. The lowest BCUT2D eigenvalue weighted by Crippen LogP contribution is -2.14. The van der Waals surface area contributed by atoms with Gasteiger partial charge in [0, 0.05) is 11.3 Å². The van der Waals surface area contributed by atoms with Crippen LogP contribution < -0.4 is 9.46 Å². The number of carbonyl (C=O) groups excluding carboxylic acids is 1. The SMILES string of the molecule is CCOC(=O)c1ccc(NS(=O)(=O)c2cc(-c3c(C)noc3C)ccc2OC)cc1. The third kappa shape index (κ3) is 4.30. The highest BCUT2D eigenvalue weighted by atomic mass is 32.2. The van der Waals surface area contributed by atoms with E-state index in [4.69, 9.17) is 14.0 Å². The highest BCUT2D eigenvalue weighted by molar-refractivity contribution is 7.92. The van der Waals surface area contributed by atoms with Gasteiger partial charge in [0.2, 0.25) is 0 Å². The Kier molecular flexibility index (Phi) is 6.12. The van der Waals surface area contributed by atoms with Crippen LogP contribution in [0.1, 0.15) is 28.7 Å². The Morgan fingerprint density at radius 3 is 2.40 bits per heavy atom. The second kappa shape index (κ2) is 8.58. The largest absolute Gasteiger partial charge is 0.495 e. The molecule has 2 aromatic carbocycles. The normalized spacial score (nSPS) is 11.2. The molecule has 0 spiro atoms. The molecule has 0 aliphatic heterocycles. The first-order chi connectivity index (χ1) is 14.3. The van der Waals surface area contributed by atoms with E-state index < -0.39 is 16.0 Å². The van der Waals surface area contributed by atoms with Gasteiger partial charge in [-0.2, -0.15) is 0 Å². The van der Waals surface area contributed by atoms with E-state index in [-0.39, 0.29) is 17.3 Å². The number of carbonyl (C=O) groups is 1. The van der Waals surface area contributed by atoms with Crippen molar-refractivity contribution in [3.05, 3.63) is 59.5 Å². The van der Waals surface area contributed by atoms with E-state index in [9.17, 15) is 13.2 Å². The van der Waals surface area contributed by atoms with Crippen LogP contribution in [-0.2, 0) is 14.8 Å². The quantitative estimate of drug-likeness (QED) is 0.566. The summed E-state index contributed by atoms with van der Waals surface area (Å²) in [6.07, 6.45) is 0. The molecule has 0 fully saturated rings. The highest BCUT2D eigenvalue weighted by Crippen LogP contribution is 2.34. The fourth-order valence-electron chi connectivity index (χ4n) is 3.04. The van der Waals surface area contributed by atoms with E-state index in [1.807, 2.05) is 0 Å². The van der Waals surface area contributed by atoms with Gasteiger partial charge in [-0.3, -0.25) is 4.72 Å². The molecule has 0 unspecified atom stereocenters. The minimum Gasteiger partial charge on any atom is -0.495 e. The van der Waals surface area contributed by atoms with Crippen LogP contribution in [0, 0.1) is 13.8 Å². The molecule has 30 heavy (non-hydrogen) atoms. The van der Waals surface area contributed by atoms with E-state index in [1.54, 1.807) is 32.9 Å². The first-order valence-electron chi connectivity index (χ1n) is 9.18. The summed E-state index contributed by atoms with van der Waals surface area (Å²) in [4.78, 5) is 11.7.